The minimum Gasteiger partial charge on any atom is -0.493 e. The van der Waals surface area contributed by atoms with Crippen molar-refractivity contribution in [2.75, 3.05) is 26.8 Å². The monoisotopic (exact) mass is 263 g/mol. The van der Waals surface area contributed by atoms with Crippen molar-refractivity contribution in [3.63, 3.8) is 0 Å². The molecule has 1 rings (SSSR count). The predicted octanol–water partition coefficient (Wildman–Crippen LogP) is 3.50. The Kier molecular flexibility index (Phi) is 7.75. The van der Waals surface area contributed by atoms with E-state index >= 15 is 0 Å². The van der Waals surface area contributed by atoms with Gasteiger partial charge in [0.15, 0.2) is 11.5 Å². The molecule has 0 aromatic heterocycles. The first-order valence-electron chi connectivity index (χ1n) is 6.99. The van der Waals surface area contributed by atoms with Gasteiger partial charge in [-0.05, 0) is 37.1 Å². The van der Waals surface area contributed by atoms with Crippen LogP contribution in [-0.4, -0.2) is 26.8 Å². The summed E-state index contributed by atoms with van der Waals surface area (Å²) < 4.78 is 11.0. The first-order chi connectivity index (χ1) is 9.31. The van der Waals surface area contributed by atoms with Crippen LogP contribution in [0.3, 0.4) is 0 Å². The lowest BCUT2D eigenvalue weighted by Gasteiger charge is -2.10. The van der Waals surface area contributed by atoms with E-state index in [2.05, 4.69) is 31.3 Å². The van der Waals surface area contributed by atoms with Crippen LogP contribution in [0.1, 0.15) is 32.3 Å². The molecule has 0 aliphatic carbocycles. The number of hydrogen-bond acceptors (Lipinski definition) is 3. The highest BCUT2D eigenvalue weighted by Crippen LogP contribution is 2.28. The molecule has 1 N–H and O–H groups in total. The molecule has 0 heterocycles. The molecular formula is C16H25NO2. The van der Waals surface area contributed by atoms with Gasteiger partial charge in [0.1, 0.15) is 0 Å². The number of rotatable bonds is 9. The van der Waals surface area contributed by atoms with Crippen LogP contribution in [-0.2, 0) is 0 Å². The van der Waals surface area contributed by atoms with Crippen LogP contribution < -0.4 is 14.8 Å². The van der Waals surface area contributed by atoms with E-state index < -0.39 is 0 Å². The molecule has 3 heteroatoms. The topological polar surface area (TPSA) is 30.5 Å². The van der Waals surface area contributed by atoms with Gasteiger partial charge in [-0.1, -0.05) is 32.1 Å². The minimum atomic E-state index is 0.710. The second-order valence-electron chi connectivity index (χ2n) is 4.37. The van der Waals surface area contributed by atoms with Crippen LogP contribution in [0, 0.1) is 0 Å². The van der Waals surface area contributed by atoms with Gasteiger partial charge in [0.25, 0.3) is 0 Å². The second kappa shape index (κ2) is 9.45. The molecule has 19 heavy (non-hydrogen) atoms. The van der Waals surface area contributed by atoms with Gasteiger partial charge in [-0.3, -0.25) is 0 Å². The fourth-order valence-electron chi connectivity index (χ4n) is 1.68. The van der Waals surface area contributed by atoms with Gasteiger partial charge in [-0.25, -0.2) is 0 Å². The fourth-order valence-corrected chi connectivity index (χ4v) is 1.68. The molecule has 0 amide bonds. The van der Waals surface area contributed by atoms with Crippen LogP contribution in [0.5, 0.6) is 11.5 Å². The molecule has 0 spiro atoms. The third kappa shape index (κ3) is 5.79. The Bertz CT molecular complexity index is 388. The van der Waals surface area contributed by atoms with E-state index in [0.29, 0.717) is 6.61 Å². The summed E-state index contributed by atoms with van der Waals surface area (Å²) in [5.41, 5.74) is 1.13. The lowest BCUT2D eigenvalue weighted by molar-refractivity contribution is 0.294. The third-order valence-electron chi connectivity index (χ3n) is 2.65. The lowest BCUT2D eigenvalue weighted by Crippen LogP contribution is -2.13. The zero-order valence-corrected chi connectivity index (χ0v) is 12.2. The molecular weight excluding hydrogens is 238 g/mol. The fraction of sp³-hybridized carbons (Fsp3) is 0.500. The van der Waals surface area contributed by atoms with Crippen molar-refractivity contribution in [3.8, 4) is 11.5 Å². The van der Waals surface area contributed by atoms with Gasteiger partial charge in [-0.15, -0.1) is 0 Å². The summed E-state index contributed by atoms with van der Waals surface area (Å²) in [7, 11) is 1.66. The summed E-state index contributed by atoms with van der Waals surface area (Å²) in [5, 5.41) is 3.33. The maximum Gasteiger partial charge on any atom is 0.161 e. The molecule has 0 aliphatic rings. The summed E-state index contributed by atoms with van der Waals surface area (Å²) in [4.78, 5) is 0. The Morgan fingerprint density at radius 1 is 1.16 bits per heavy atom. The normalized spacial score (nSPS) is 10.9. The van der Waals surface area contributed by atoms with Crippen LogP contribution in [0.2, 0.25) is 0 Å². The van der Waals surface area contributed by atoms with Gasteiger partial charge in [0, 0.05) is 6.54 Å². The van der Waals surface area contributed by atoms with Crippen LogP contribution in [0.4, 0.5) is 0 Å². The van der Waals surface area contributed by atoms with Gasteiger partial charge in [-0.2, -0.15) is 0 Å². The number of nitrogens with one attached hydrogen (secondary N) is 1. The van der Waals surface area contributed by atoms with E-state index in [4.69, 9.17) is 9.47 Å². The van der Waals surface area contributed by atoms with Crippen LogP contribution in [0.15, 0.2) is 24.3 Å². The van der Waals surface area contributed by atoms with E-state index in [-0.39, 0.29) is 0 Å². The molecule has 1 aromatic carbocycles. The van der Waals surface area contributed by atoms with Crippen molar-refractivity contribution >= 4 is 6.08 Å². The van der Waals surface area contributed by atoms with Crippen molar-refractivity contribution in [1.82, 2.24) is 5.32 Å². The molecule has 0 bridgehead atoms. The quantitative estimate of drug-likeness (QED) is 0.692. The molecule has 3 nitrogen and oxygen atoms in total. The predicted molar refractivity (Wildman–Crippen MR) is 81.0 cm³/mol. The molecule has 0 fully saturated rings. The Morgan fingerprint density at radius 2 is 2.00 bits per heavy atom. The average molecular weight is 263 g/mol. The highest BCUT2D eigenvalue weighted by atomic mass is 16.5. The molecule has 0 radical (unpaired) electrons. The van der Waals surface area contributed by atoms with E-state index in [1.165, 1.54) is 0 Å². The summed E-state index contributed by atoms with van der Waals surface area (Å²) in [6, 6.07) is 6.00. The van der Waals surface area contributed by atoms with E-state index in [9.17, 15) is 0 Å². The largest absolute Gasteiger partial charge is 0.493 e. The van der Waals surface area contributed by atoms with Gasteiger partial charge in [0.2, 0.25) is 0 Å². The van der Waals surface area contributed by atoms with Crippen LogP contribution in [0.25, 0.3) is 6.08 Å². The maximum atomic E-state index is 5.69. The smallest absolute Gasteiger partial charge is 0.161 e. The average Bonchev–Trinajstić information content (AvgIpc) is 2.45. The Labute approximate surface area is 116 Å². The minimum absolute atomic E-state index is 0.710. The van der Waals surface area contributed by atoms with Crippen molar-refractivity contribution in [2.24, 2.45) is 0 Å². The highest BCUT2D eigenvalue weighted by molar-refractivity contribution is 5.56. The first kappa shape index (κ1) is 15.6. The van der Waals surface area contributed by atoms with E-state index in [1.807, 2.05) is 18.2 Å². The lowest BCUT2D eigenvalue weighted by atomic mass is 10.2. The Balaban J connectivity index is 2.63. The number of ether oxygens (including phenoxy) is 2. The number of hydrogen-bond donors (Lipinski definition) is 1. The Morgan fingerprint density at radius 3 is 2.68 bits per heavy atom. The Hall–Kier alpha value is -1.48. The van der Waals surface area contributed by atoms with Gasteiger partial charge in [0.05, 0.1) is 13.7 Å². The summed E-state index contributed by atoms with van der Waals surface area (Å²) in [5.74, 6) is 1.60. The first-order valence-corrected chi connectivity index (χ1v) is 6.99. The van der Waals surface area contributed by atoms with Crippen LogP contribution >= 0.6 is 0 Å². The van der Waals surface area contributed by atoms with Crippen molar-refractivity contribution in [1.29, 1.82) is 0 Å². The van der Waals surface area contributed by atoms with Crippen molar-refractivity contribution in [2.45, 2.75) is 26.7 Å². The van der Waals surface area contributed by atoms with Gasteiger partial charge < -0.3 is 14.8 Å². The number of methoxy groups -OCH3 is 1. The molecule has 0 saturated heterocycles. The van der Waals surface area contributed by atoms with Crippen molar-refractivity contribution in [3.05, 3.63) is 29.8 Å². The summed E-state index contributed by atoms with van der Waals surface area (Å²) in [6.45, 7) is 6.91. The molecule has 0 atom stereocenters. The molecule has 0 aliphatic heterocycles. The molecule has 106 valence electrons. The van der Waals surface area contributed by atoms with Crippen molar-refractivity contribution < 1.29 is 9.47 Å². The van der Waals surface area contributed by atoms with Gasteiger partial charge >= 0.3 is 0 Å². The summed E-state index contributed by atoms with van der Waals surface area (Å²) >= 11 is 0. The maximum absolute atomic E-state index is 5.69. The standard InChI is InChI=1S/C16H25NO2/c1-4-10-17-11-6-7-14-8-9-15(18-3)16(13-14)19-12-5-2/h6-9,13,17H,4-5,10-12H2,1-3H3. The highest BCUT2D eigenvalue weighted by Gasteiger charge is 2.03. The molecule has 0 saturated carbocycles. The zero-order valence-electron chi connectivity index (χ0n) is 12.2. The number of benzene rings is 1. The van der Waals surface area contributed by atoms with E-state index in [1.54, 1.807) is 7.11 Å². The summed E-state index contributed by atoms with van der Waals surface area (Å²) in [6.07, 6.45) is 6.37. The van der Waals surface area contributed by atoms with E-state index in [0.717, 1.165) is 43.0 Å². The third-order valence-corrected chi connectivity index (χ3v) is 2.65. The zero-order chi connectivity index (χ0) is 13.9. The SMILES string of the molecule is CCCNCC=Cc1ccc(OC)c(OCCC)c1. The second-order valence-corrected chi connectivity index (χ2v) is 4.37. The molecule has 1 aromatic rings. The molecule has 0 unspecified atom stereocenters.